The maximum absolute atomic E-state index is 5.39. The Kier molecular flexibility index (Phi) is 0.866. The molecule has 2 saturated heterocycles. The van der Waals surface area contributed by atoms with Gasteiger partial charge in [-0.1, -0.05) is 0 Å². The maximum atomic E-state index is 5.39. The normalized spacial score (nSPS) is 46.1. The van der Waals surface area contributed by atoms with E-state index in [1.165, 1.54) is 19.4 Å². The fraction of sp³-hybridized carbons (Fsp3) is 1.00. The van der Waals surface area contributed by atoms with Crippen LogP contribution < -0.4 is 0 Å². The molecule has 2 aliphatic heterocycles. The summed E-state index contributed by atoms with van der Waals surface area (Å²) in [6, 6.07) is 0. The van der Waals surface area contributed by atoms with Crippen molar-refractivity contribution in [2.24, 2.45) is 0 Å². The monoisotopic (exact) mass is 113 g/mol. The fourth-order valence-corrected chi connectivity index (χ4v) is 1.56. The van der Waals surface area contributed by atoms with Crippen LogP contribution >= 0.6 is 0 Å². The number of rotatable bonds is 0. The standard InChI is InChI=1S/C6H11NO/c1-5-7-4-2-3-6(7)8-5/h5-6H,2-4H2,1H3. The van der Waals surface area contributed by atoms with Crippen LogP contribution in [0.2, 0.25) is 0 Å². The molecule has 2 fully saturated rings. The van der Waals surface area contributed by atoms with Gasteiger partial charge in [0.15, 0.2) is 0 Å². The topological polar surface area (TPSA) is 12.5 Å². The van der Waals surface area contributed by atoms with E-state index in [4.69, 9.17) is 4.74 Å². The maximum Gasteiger partial charge on any atom is 0.114 e. The lowest BCUT2D eigenvalue weighted by molar-refractivity contribution is -0.255. The second-order valence-electron chi connectivity index (χ2n) is 2.57. The molecular formula is C6H11NO. The van der Waals surface area contributed by atoms with Crippen molar-refractivity contribution >= 4 is 0 Å². The Morgan fingerprint density at radius 1 is 1.62 bits per heavy atom. The van der Waals surface area contributed by atoms with Gasteiger partial charge in [0, 0.05) is 6.54 Å². The zero-order chi connectivity index (χ0) is 5.56. The highest BCUT2D eigenvalue weighted by Gasteiger charge is 2.39. The molecule has 46 valence electrons. The first-order valence-corrected chi connectivity index (χ1v) is 3.29. The number of hydrogen-bond donors (Lipinski definition) is 0. The summed E-state index contributed by atoms with van der Waals surface area (Å²) in [7, 11) is 0. The Bertz CT molecular complexity index is 105. The number of hydrogen-bond acceptors (Lipinski definition) is 2. The van der Waals surface area contributed by atoms with Crippen molar-refractivity contribution in [1.82, 2.24) is 4.90 Å². The Hall–Kier alpha value is -0.0800. The van der Waals surface area contributed by atoms with Crippen LogP contribution in [0.15, 0.2) is 0 Å². The first kappa shape index (κ1) is 4.77. The van der Waals surface area contributed by atoms with Crippen molar-refractivity contribution in [1.29, 1.82) is 0 Å². The van der Waals surface area contributed by atoms with Crippen LogP contribution in [0, 0.1) is 0 Å². The Labute approximate surface area is 49.4 Å². The quantitative estimate of drug-likeness (QED) is 0.460. The van der Waals surface area contributed by atoms with Crippen molar-refractivity contribution in [3.05, 3.63) is 0 Å². The molecule has 0 aromatic heterocycles. The van der Waals surface area contributed by atoms with E-state index < -0.39 is 0 Å². The second-order valence-corrected chi connectivity index (χ2v) is 2.57. The van der Waals surface area contributed by atoms with Gasteiger partial charge in [-0.2, -0.15) is 0 Å². The predicted octanol–water partition coefficient (Wildman–Crippen LogP) is 0.784. The summed E-state index contributed by atoms with van der Waals surface area (Å²) in [5.41, 5.74) is 0. The lowest BCUT2D eigenvalue weighted by Gasteiger charge is -2.41. The van der Waals surface area contributed by atoms with E-state index in [1.54, 1.807) is 0 Å². The molecule has 2 heterocycles. The molecule has 0 radical (unpaired) electrons. The summed E-state index contributed by atoms with van der Waals surface area (Å²) in [4.78, 5) is 2.40. The van der Waals surface area contributed by atoms with E-state index in [0.717, 1.165) is 0 Å². The number of fused-ring (bicyclic) bond motifs is 1. The van der Waals surface area contributed by atoms with E-state index in [1.807, 2.05) is 0 Å². The minimum atomic E-state index is 0.419. The molecule has 0 bridgehead atoms. The van der Waals surface area contributed by atoms with Gasteiger partial charge < -0.3 is 4.74 Å². The van der Waals surface area contributed by atoms with E-state index in [-0.39, 0.29) is 0 Å². The molecule has 0 aromatic rings. The van der Waals surface area contributed by atoms with Crippen LogP contribution in [0.1, 0.15) is 19.8 Å². The Morgan fingerprint density at radius 3 is 3.00 bits per heavy atom. The molecule has 2 nitrogen and oxygen atoms in total. The van der Waals surface area contributed by atoms with E-state index >= 15 is 0 Å². The third-order valence-electron chi connectivity index (χ3n) is 2.06. The lowest BCUT2D eigenvalue weighted by Crippen LogP contribution is -2.52. The zero-order valence-corrected chi connectivity index (χ0v) is 5.13. The van der Waals surface area contributed by atoms with Crippen molar-refractivity contribution in [3.8, 4) is 0 Å². The van der Waals surface area contributed by atoms with Gasteiger partial charge in [-0.3, -0.25) is 4.90 Å². The summed E-state index contributed by atoms with van der Waals surface area (Å²) < 4.78 is 5.39. The summed E-state index contributed by atoms with van der Waals surface area (Å²) in [5.74, 6) is 0. The minimum Gasteiger partial charge on any atom is -0.345 e. The van der Waals surface area contributed by atoms with Gasteiger partial charge in [0.05, 0.1) is 0 Å². The van der Waals surface area contributed by atoms with Crippen LogP contribution in [0.25, 0.3) is 0 Å². The van der Waals surface area contributed by atoms with Crippen molar-refractivity contribution in [3.63, 3.8) is 0 Å². The largest absolute Gasteiger partial charge is 0.345 e. The first-order valence-electron chi connectivity index (χ1n) is 3.29. The van der Waals surface area contributed by atoms with Crippen molar-refractivity contribution in [2.75, 3.05) is 6.54 Å². The highest BCUT2D eigenvalue weighted by molar-refractivity contribution is 4.80. The zero-order valence-electron chi connectivity index (χ0n) is 5.13. The van der Waals surface area contributed by atoms with Gasteiger partial charge >= 0.3 is 0 Å². The molecule has 2 unspecified atom stereocenters. The van der Waals surface area contributed by atoms with E-state index in [0.29, 0.717) is 12.5 Å². The summed E-state index contributed by atoms with van der Waals surface area (Å²) >= 11 is 0. The van der Waals surface area contributed by atoms with E-state index in [9.17, 15) is 0 Å². The highest BCUT2D eigenvalue weighted by atomic mass is 16.6. The van der Waals surface area contributed by atoms with Crippen LogP contribution in [0.5, 0.6) is 0 Å². The molecule has 2 atom stereocenters. The second kappa shape index (κ2) is 1.45. The number of nitrogens with zero attached hydrogens (tertiary/aromatic N) is 1. The molecule has 0 aromatic carbocycles. The molecule has 0 spiro atoms. The average molecular weight is 113 g/mol. The first-order chi connectivity index (χ1) is 3.88. The van der Waals surface area contributed by atoms with Crippen LogP contribution in [0.4, 0.5) is 0 Å². The molecule has 0 aliphatic carbocycles. The molecule has 8 heavy (non-hydrogen) atoms. The SMILES string of the molecule is CC1OC2CCCN12. The molecule has 0 N–H and O–H groups in total. The molecular weight excluding hydrogens is 102 g/mol. The summed E-state index contributed by atoms with van der Waals surface area (Å²) in [6.45, 7) is 3.37. The Balaban J connectivity index is 2.02. The smallest absolute Gasteiger partial charge is 0.114 e. The lowest BCUT2D eigenvalue weighted by atomic mass is 10.3. The molecule has 0 saturated carbocycles. The van der Waals surface area contributed by atoms with Gasteiger partial charge in [0.2, 0.25) is 0 Å². The third-order valence-corrected chi connectivity index (χ3v) is 2.06. The number of ether oxygens (including phenoxy) is 1. The van der Waals surface area contributed by atoms with Gasteiger partial charge in [0.1, 0.15) is 12.5 Å². The molecule has 0 amide bonds. The minimum absolute atomic E-state index is 0.419. The molecule has 2 heteroatoms. The van der Waals surface area contributed by atoms with Gasteiger partial charge in [-0.25, -0.2) is 0 Å². The third kappa shape index (κ3) is 0.446. The van der Waals surface area contributed by atoms with Crippen molar-refractivity contribution in [2.45, 2.75) is 32.2 Å². The average Bonchev–Trinajstić information content (AvgIpc) is 2.09. The van der Waals surface area contributed by atoms with Crippen LogP contribution in [-0.2, 0) is 4.74 Å². The molecule has 2 aliphatic rings. The van der Waals surface area contributed by atoms with Crippen LogP contribution in [-0.4, -0.2) is 23.9 Å². The fourth-order valence-electron chi connectivity index (χ4n) is 1.56. The summed E-state index contributed by atoms with van der Waals surface area (Å²) in [5, 5.41) is 0. The predicted molar refractivity (Wildman–Crippen MR) is 30.3 cm³/mol. The van der Waals surface area contributed by atoms with Gasteiger partial charge in [-0.15, -0.1) is 0 Å². The molecule has 2 rings (SSSR count). The summed E-state index contributed by atoms with van der Waals surface area (Å²) in [6.07, 6.45) is 3.51. The van der Waals surface area contributed by atoms with Crippen LogP contribution in [0.3, 0.4) is 0 Å². The van der Waals surface area contributed by atoms with E-state index in [2.05, 4.69) is 11.8 Å². The highest BCUT2D eigenvalue weighted by Crippen LogP contribution is 2.30. The Morgan fingerprint density at radius 2 is 2.50 bits per heavy atom. The van der Waals surface area contributed by atoms with Gasteiger partial charge in [0.25, 0.3) is 0 Å². The van der Waals surface area contributed by atoms with Crippen molar-refractivity contribution < 1.29 is 4.74 Å². The van der Waals surface area contributed by atoms with Gasteiger partial charge in [-0.05, 0) is 19.8 Å².